The number of carbonyl (C=O) groups excluding carboxylic acids is 3. The molecule has 204 valence electrons. The van der Waals surface area contributed by atoms with Crippen molar-refractivity contribution in [3.63, 3.8) is 0 Å². The van der Waals surface area contributed by atoms with Gasteiger partial charge in [0.25, 0.3) is 5.91 Å². The number of halogens is 2. The van der Waals surface area contributed by atoms with E-state index in [1.165, 1.54) is 30.0 Å². The van der Waals surface area contributed by atoms with Crippen LogP contribution in [0.5, 0.6) is 0 Å². The topological polar surface area (TPSA) is 125 Å². The Bertz CT molecular complexity index is 1550. The number of rotatable bonds is 6. The summed E-state index contributed by atoms with van der Waals surface area (Å²) in [5.74, 6) is -1.78. The second-order valence-electron chi connectivity index (χ2n) is 9.28. The van der Waals surface area contributed by atoms with Gasteiger partial charge in [0.2, 0.25) is 5.91 Å². The summed E-state index contributed by atoms with van der Waals surface area (Å²) in [5.41, 5.74) is -0.631. The van der Waals surface area contributed by atoms with Crippen LogP contribution in [-0.2, 0) is 19.4 Å². The van der Waals surface area contributed by atoms with Crippen LogP contribution in [-0.4, -0.2) is 56.0 Å². The van der Waals surface area contributed by atoms with Crippen molar-refractivity contribution in [1.82, 2.24) is 10.2 Å². The maximum atomic E-state index is 15.2. The lowest BCUT2D eigenvalue weighted by Gasteiger charge is -2.29. The van der Waals surface area contributed by atoms with Gasteiger partial charge >= 0.3 is 6.03 Å². The fourth-order valence-electron chi connectivity index (χ4n) is 4.39. The molecule has 1 aliphatic rings. The number of carbonyl (C=O) groups is 3. The fourth-order valence-corrected chi connectivity index (χ4v) is 5.43. The molecular weight excluding hydrogens is 547 g/mol. The highest BCUT2D eigenvalue weighted by Crippen LogP contribution is 2.31. The molecular formula is C27H26ClFN4O5S. The standard InChI is InChI=1S/C27H26ClFN4O5S/c1-17(34)33-14-13-27(16-33,32-26(36)30-20-10-8-19(28)9-11-20)25(35)31-23-12-7-18(15-22(23)29)21-5-3-4-6-24(21)39(2,37)38/h3-12,15H,13-14,16H2,1-2H3,(H,31,35)(H2,30,32,36). The van der Waals surface area contributed by atoms with Gasteiger partial charge < -0.3 is 20.9 Å². The lowest BCUT2D eigenvalue weighted by atomic mass is 9.97. The van der Waals surface area contributed by atoms with Crippen molar-refractivity contribution < 1.29 is 27.2 Å². The zero-order chi connectivity index (χ0) is 28.4. The Morgan fingerprint density at radius 1 is 1.00 bits per heavy atom. The quantitative estimate of drug-likeness (QED) is 0.406. The first-order chi connectivity index (χ1) is 18.4. The number of nitrogens with one attached hydrogen (secondary N) is 3. The molecule has 3 aromatic rings. The molecule has 0 bridgehead atoms. The number of hydrogen-bond acceptors (Lipinski definition) is 5. The number of anilines is 2. The average Bonchev–Trinajstić information content (AvgIpc) is 3.31. The molecule has 0 saturated carbocycles. The zero-order valence-corrected chi connectivity index (χ0v) is 22.7. The molecule has 4 rings (SSSR count). The lowest BCUT2D eigenvalue weighted by Crippen LogP contribution is -2.59. The summed E-state index contributed by atoms with van der Waals surface area (Å²) in [6.45, 7) is 1.46. The van der Waals surface area contributed by atoms with Crippen LogP contribution in [0.2, 0.25) is 5.02 Å². The molecule has 1 unspecified atom stereocenters. The molecule has 0 aromatic heterocycles. The molecule has 1 saturated heterocycles. The van der Waals surface area contributed by atoms with Gasteiger partial charge in [-0.25, -0.2) is 17.6 Å². The third-order valence-electron chi connectivity index (χ3n) is 6.42. The summed E-state index contributed by atoms with van der Waals surface area (Å²) in [4.78, 5) is 39.8. The van der Waals surface area contributed by atoms with Crippen molar-refractivity contribution in [3.8, 4) is 11.1 Å². The van der Waals surface area contributed by atoms with Crippen molar-refractivity contribution in [3.05, 3.63) is 77.6 Å². The first-order valence-corrected chi connectivity index (χ1v) is 14.2. The summed E-state index contributed by atoms with van der Waals surface area (Å²) >= 11 is 5.88. The number of benzene rings is 3. The van der Waals surface area contributed by atoms with Crippen molar-refractivity contribution in [2.75, 3.05) is 30.0 Å². The van der Waals surface area contributed by atoms with Gasteiger partial charge in [-0.1, -0.05) is 35.9 Å². The van der Waals surface area contributed by atoms with Crippen LogP contribution in [0.1, 0.15) is 13.3 Å². The predicted molar refractivity (Wildman–Crippen MR) is 147 cm³/mol. The first-order valence-electron chi connectivity index (χ1n) is 11.9. The number of nitrogens with zero attached hydrogens (tertiary/aromatic N) is 1. The predicted octanol–water partition coefficient (Wildman–Crippen LogP) is 4.30. The highest BCUT2D eigenvalue weighted by molar-refractivity contribution is 7.90. The minimum absolute atomic E-state index is 0.0475. The molecule has 0 aliphatic carbocycles. The summed E-state index contributed by atoms with van der Waals surface area (Å²) in [6, 6.07) is 15.8. The van der Waals surface area contributed by atoms with Crippen molar-refractivity contribution >= 4 is 50.7 Å². The van der Waals surface area contributed by atoms with Gasteiger partial charge in [0.05, 0.1) is 17.1 Å². The van der Waals surface area contributed by atoms with Gasteiger partial charge in [-0.05, 0) is 54.4 Å². The molecule has 1 atom stereocenters. The van der Waals surface area contributed by atoms with Crippen LogP contribution < -0.4 is 16.0 Å². The number of hydrogen-bond donors (Lipinski definition) is 3. The van der Waals surface area contributed by atoms with E-state index in [2.05, 4.69) is 16.0 Å². The lowest BCUT2D eigenvalue weighted by molar-refractivity contribution is -0.128. The minimum atomic E-state index is -3.57. The van der Waals surface area contributed by atoms with Gasteiger partial charge in [-0.15, -0.1) is 0 Å². The SMILES string of the molecule is CC(=O)N1CCC(NC(=O)Nc2ccc(Cl)cc2)(C(=O)Nc2ccc(-c3ccccc3S(C)(=O)=O)cc2F)C1. The van der Waals surface area contributed by atoms with E-state index < -0.39 is 33.1 Å². The third-order valence-corrected chi connectivity index (χ3v) is 7.83. The summed E-state index contributed by atoms with van der Waals surface area (Å²) in [6.07, 6.45) is 1.17. The Kier molecular flexibility index (Phi) is 7.94. The molecule has 3 aromatic carbocycles. The third kappa shape index (κ3) is 6.37. The van der Waals surface area contributed by atoms with Gasteiger partial charge in [-0.3, -0.25) is 9.59 Å². The second-order valence-corrected chi connectivity index (χ2v) is 11.7. The molecule has 1 aliphatic heterocycles. The second kappa shape index (κ2) is 11.0. The van der Waals surface area contributed by atoms with Crippen LogP contribution in [0.3, 0.4) is 0 Å². The van der Waals surface area contributed by atoms with Gasteiger partial charge in [0.1, 0.15) is 11.4 Å². The summed E-state index contributed by atoms with van der Waals surface area (Å²) < 4.78 is 39.5. The van der Waals surface area contributed by atoms with Crippen molar-refractivity contribution in [1.29, 1.82) is 0 Å². The average molecular weight is 573 g/mol. The van der Waals surface area contributed by atoms with E-state index in [0.29, 0.717) is 21.8 Å². The largest absolute Gasteiger partial charge is 0.340 e. The smallest absolute Gasteiger partial charge is 0.320 e. The molecule has 0 radical (unpaired) electrons. The normalized spacial score (nSPS) is 17.0. The van der Waals surface area contributed by atoms with Crippen LogP contribution in [0, 0.1) is 5.82 Å². The maximum Gasteiger partial charge on any atom is 0.320 e. The van der Waals surface area contributed by atoms with Gasteiger partial charge in [0.15, 0.2) is 9.84 Å². The molecule has 1 fully saturated rings. The zero-order valence-electron chi connectivity index (χ0n) is 21.1. The summed E-state index contributed by atoms with van der Waals surface area (Å²) in [7, 11) is -3.57. The van der Waals surface area contributed by atoms with Crippen LogP contribution in [0.15, 0.2) is 71.6 Å². The van der Waals surface area contributed by atoms with E-state index in [9.17, 15) is 22.8 Å². The number of amides is 4. The van der Waals surface area contributed by atoms with E-state index in [-0.39, 0.29) is 36.0 Å². The van der Waals surface area contributed by atoms with Crippen LogP contribution in [0.25, 0.3) is 11.1 Å². The number of likely N-dealkylation sites (tertiary alicyclic amines) is 1. The molecule has 0 spiro atoms. The first kappa shape index (κ1) is 28.1. The number of urea groups is 1. The van der Waals surface area contributed by atoms with E-state index >= 15 is 4.39 Å². The van der Waals surface area contributed by atoms with Crippen molar-refractivity contribution in [2.45, 2.75) is 23.8 Å². The molecule has 3 N–H and O–H groups in total. The summed E-state index contributed by atoms with van der Waals surface area (Å²) in [5, 5.41) is 8.29. The minimum Gasteiger partial charge on any atom is -0.340 e. The Hall–Kier alpha value is -3.96. The molecule has 4 amide bonds. The van der Waals surface area contributed by atoms with E-state index in [1.54, 1.807) is 42.5 Å². The molecule has 39 heavy (non-hydrogen) atoms. The fraction of sp³-hybridized carbons (Fsp3) is 0.222. The van der Waals surface area contributed by atoms with Crippen molar-refractivity contribution in [2.24, 2.45) is 0 Å². The van der Waals surface area contributed by atoms with Gasteiger partial charge in [0, 0.05) is 36.0 Å². The van der Waals surface area contributed by atoms with E-state index in [4.69, 9.17) is 11.6 Å². The van der Waals surface area contributed by atoms with E-state index in [1.807, 2.05) is 0 Å². The van der Waals surface area contributed by atoms with Gasteiger partial charge in [-0.2, -0.15) is 0 Å². The van der Waals surface area contributed by atoms with Crippen LogP contribution in [0.4, 0.5) is 20.6 Å². The number of sulfone groups is 1. The van der Waals surface area contributed by atoms with E-state index in [0.717, 1.165) is 12.3 Å². The van der Waals surface area contributed by atoms with Crippen LogP contribution >= 0.6 is 11.6 Å². The highest BCUT2D eigenvalue weighted by atomic mass is 35.5. The Labute approximate surface area is 230 Å². The highest BCUT2D eigenvalue weighted by Gasteiger charge is 2.47. The Morgan fingerprint density at radius 2 is 1.69 bits per heavy atom. The Balaban J connectivity index is 1.58. The molecule has 1 heterocycles. The maximum absolute atomic E-state index is 15.2. The monoisotopic (exact) mass is 572 g/mol. The molecule has 9 nitrogen and oxygen atoms in total. The molecule has 12 heteroatoms. The Morgan fingerprint density at radius 3 is 2.31 bits per heavy atom.